The number of H-pyrrole nitrogens is 1. The molecule has 0 aromatic carbocycles. The first-order chi connectivity index (χ1) is 10.6. The topological polar surface area (TPSA) is 118 Å². The third-order valence-corrected chi connectivity index (χ3v) is 3.69. The number of imidazole rings is 2. The maximum atomic E-state index is 12.1. The van der Waals surface area contributed by atoms with Gasteiger partial charge in [-0.2, -0.15) is 0 Å². The smallest absolute Gasteiger partial charge is 0.280 e. The normalized spacial score (nSPS) is 26.8. The van der Waals surface area contributed by atoms with Gasteiger partial charge in [-0.05, 0) is 0 Å². The minimum atomic E-state index is -0.841. The van der Waals surface area contributed by atoms with Crippen LogP contribution in [0.3, 0.4) is 0 Å². The Morgan fingerprint density at radius 1 is 1.57 bits per heavy atom. The largest absolute Gasteiger partial charge is 0.394 e. The first-order valence-electron chi connectivity index (χ1n) is 6.98. The van der Waals surface area contributed by atoms with Crippen molar-refractivity contribution < 1.29 is 16.3 Å². The molecule has 0 amide bonds. The average molecular weight is 294 g/mol. The van der Waals surface area contributed by atoms with Crippen LogP contribution in [0.15, 0.2) is 23.5 Å². The van der Waals surface area contributed by atoms with E-state index in [2.05, 4.69) is 15.0 Å². The molecule has 0 spiro atoms. The lowest BCUT2D eigenvalue weighted by molar-refractivity contribution is -0.0432. The highest BCUT2D eigenvalue weighted by Crippen LogP contribution is 2.30. The van der Waals surface area contributed by atoms with E-state index in [4.69, 9.17) is 6.11 Å². The standard InChI is InChI=1S/C12H13N5O4/c18-4-7-6(19)3-8(21-7)17-5-14-9-10(20)15-12-13-1-2-16(12)11(9)17/h1-2,5-8,18-19H,3-4H2,(H,13,15,20)/t6-,7-,8-/m0/s1/i1+1,2+1,5D. The van der Waals surface area contributed by atoms with Crippen molar-refractivity contribution in [3.8, 4) is 0 Å². The zero-order valence-corrected chi connectivity index (χ0v) is 10.8. The highest BCUT2D eigenvalue weighted by Gasteiger charge is 2.35. The molecule has 0 unspecified atom stereocenters. The second-order valence-corrected chi connectivity index (χ2v) is 4.94. The van der Waals surface area contributed by atoms with Gasteiger partial charge in [0.25, 0.3) is 5.56 Å². The first-order valence-corrected chi connectivity index (χ1v) is 6.48. The number of aromatic nitrogens is 5. The van der Waals surface area contributed by atoms with Gasteiger partial charge in [0.05, 0.1) is 19.0 Å². The van der Waals surface area contributed by atoms with Gasteiger partial charge in [0, 0.05) is 18.8 Å². The number of hydrogen-bond donors (Lipinski definition) is 3. The lowest BCUT2D eigenvalue weighted by atomic mass is 10.2. The average Bonchev–Trinajstić information content (AvgIpc) is 3.15. The van der Waals surface area contributed by atoms with Crippen molar-refractivity contribution in [2.75, 3.05) is 6.61 Å². The number of nitrogens with one attached hydrogen (secondary N) is 1. The van der Waals surface area contributed by atoms with E-state index in [9.17, 15) is 15.0 Å². The van der Waals surface area contributed by atoms with Gasteiger partial charge in [0.15, 0.2) is 11.2 Å². The predicted molar refractivity (Wildman–Crippen MR) is 70.7 cm³/mol. The van der Waals surface area contributed by atoms with Crippen molar-refractivity contribution in [2.45, 2.75) is 24.9 Å². The van der Waals surface area contributed by atoms with Crippen LogP contribution < -0.4 is 5.56 Å². The van der Waals surface area contributed by atoms with Crippen molar-refractivity contribution >= 4 is 16.9 Å². The molecular weight excluding hydrogens is 280 g/mol. The van der Waals surface area contributed by atoms with E-state index in [1.165, 1.54) is 10.8 Å². The molecule has 0 bridgehead atoms. The Morgan fingerprint density at radius 3 is 3.19 bits per heavy atom. The number of ether oxygens (including phenoxy) is 1. The Bertz CT molecular complexity index is 915. The monoisotopic (exact) mass is 294 g/mol. The van der Waals surface area contributed by atoms with Crippen LogP contribution in [0.4, 0.5) is 0 Å². The molecule has 4 rings (SSSR count). The number of nitrogens with zero attached hydrogens (tertiary/aromatic N) is 4. The summed E-state index contributed by atoms with van der Waals surface area (Å²) in [6.07, 6.45) is 0.960. The molecule has 0 aliphatic carbocycles. The van der Waals surface area contributed by atoms with Crippen LogP contribution >= 0.6 is 0 Å². The van der Waals surface area contributed by atoms with Crippen molar-refractivity contribution in [2.24, 2.45) is 0 Å². The van der Waals surface area contributed by atoms with Gasteiger partial charge in [-0.3, -0.25) is 18.7 Å². The summed E-state index contributed by atoms with van der Waals surface area (Å²) in [5, 5.41) is 19.1. The Labute approximate surface area is 118 Å². The van der Waals surface area contributed by atoms with E-state index in [0.29, 0.717) is 11.4 Å². The number of aromatic amines is 1. The van der Waals surface area contributed by atoms with Crippen LogP contribution in [0, 0.1) is 0 Å². The molecule has 0 radical (unpaired) electrons. The molecular formula is C12H13N5O4. The zero-order valence-electron chi connectivity index (χ0n) is 11.8. The summed E-state index contributed by atoms with van der Waals surface area (Å²) >= 11 is 0. The van der Waals surface area contributed by atoms with Crippen LogP contribution in [0.5, 0.6) is 0 Å². The zero-order chi connectivity index (χ0) is 15.4. The third-order valence-electron chi connectivity index (χ3n) is 3.69. The molecule has 1 fully saturated rings. The summed E-state index contributed by atoms with van der Waals surface area (Å²) < 4.78 is 16.6. The number of hydrogen-bond acceptors (Lipinski definition) is 6. The van der Waals surface area contributed by atoms with Crippen molar-refractivity contribution in [3.05, 3.63) is 29.1 Å². The number of fused-ring (bicyclic) bond motifs is 3. The molecule has 3 aromatic rings. The Kier molecular flexibility index (Phi) is 2.39. The van der Waals surface area contributed by atoms with E-state index in [1.54, 1.807) is 10.6 Å². The molecule has 3 N–H and O–H groups in total. The van der Waals surface area contributed by atoms with Gasteiger partial charge in [0.2, 0.25) is 5.78 Å². The summed E-state index contributed by atoms with van der Waals surface area (Å²) in [5.74, 6) is 0.330. The van der Waals surface area contributed by atoms with Crippen LogP contribution in [-0.4, -0.2) is 52.9 Å². The first kappa shape index (κ1) is 11.4. The van der Waals surface area contributed by atoms with E-state index >= 15 is 0 Å². The second-order valence-electron chi connectivity index (χ2n) is 4.94. The van der Waals surface area contributed by atoms with Gasteiger partial charge in [-0.25, -0.2) is 9.97 Å². The molecule has 1 aliphatic rings. The molecule has 1 saturated heterocycles. The van der Waals surface area contributed by atoms with Crippen LogP contribution in [0.2, 0.25) is 0 Å². The molecule has 3 aromatic heterocycles. The van der Waals surface area contributed by atoms with E-state index < -0.39 is 24.0 Å². The van der Waals surface area contributed by atoms with Gasteiger partial charge < -0.3 is 14.9 Å². The summed E-state index contributed by atoms with van der Waals surface area (Å²) in [7, 11) is 0. The molecule has 110 valence electrons. The maximum absolute atomic E-state index is 12.1. The third kappa shape index (κ3) is 1.71. The van der Waals surface area contributed by atoms with Crippen LogP contribution in [0.1, 0.15) is 14.0 Å². The summed E-state index contributed by atoms with van der Waals surface area (Å²) in [6, 6.07) is 0. The number of aliphatic hydroxyl groups is 2. The maximum Gasteiger partial charge on any atom is 0.280 e. The van der Waals surface area contributed by atoms with Gasteiger partial charge in [-0.1, -0.05) is 0 Å². The fraction of sp³-hybridized carbons (Fsp3) is 0.417. The summed E-state index contributed by atoms with van der Waals surface area (Å²) in [5.41, 5.74) is 0.0243. The van der Waals surface area contributed by atoms with Crippen LogP contribution in [-0.2, 0) is 4.74 Å². The molecule has 3 atom stereocenters. The van der Waals surface area contributed by atoms with Gasteiger partial charge in [-0.15, -0.1) is 0 Å². The van der Waals surface area contributed by atoms with Crippen LogP contribution in [0.25, 0.3) is 16.9 Å². The lowest BCUT2D eigenvalue weighted by Crippen LogP contribution is -2.24. The van der Waals surface area contributed by atoms with E-state index in [1.807, 2.05) is 0 Å². The van der Waals surface area contributed by atoms with Crippen molar-refractivity contribution in [1.82, 2.24) is 23.9 Å². The van der Waals surface area contributed by atoms with E-state index in [-0.39, 0.29) is 24.8 Å². The highest BCUT2D eigenvalue weighted by molar-refractivity contribution is 5.72. The molecule has 1 aliphatic heterocycles. The SMILES string of the molecule is [2H]c1nc2c(=O)[nH]c3n[13cH][13cH]n3c2n1[C@@H]1C[C@H](O)[C@H](CO)O1. The predicted octanol–water partition coefficient (Wildman–Crippen LogP) is -0.987. The highest BCUT2D eigenvalue weighted by atomic mass is 16.5. The quantitative estimate of drug-likeness (QED) is 0.559. The Balaban J connectivity index is 1.98. The summed E-state index contributed by atoms with van der Waals surface area (Å²) in [6.45, 7) is -0.321. The van der Waals surface area contributed by atoms with E-state index in [0.717, 1.165) is 0 Å². The molecule has 9 heteroatoms. The van der Waals surface area contributed by atoms with Gasteiger partial charge >= 0.3 is 0 Å². The van der Waals surface area contributed by atoms with Crippen molar-refractivity contribution in [1.29, 1.82) is 0 Å². The number of rotatable bonds is 2. The molecule has 9 nitrogen and oxygen atoms in total. The Hall–Kier alpha value is -2.23. The molecule has 4 heterocycles. The second kappa shape index (κ2) is 4.38. The number of aliphatic hydroxyl groups excluding tert-OH is 2. The fourth-order valence-electron chi connectivity index (χ4n) is 2.66. The van der Waals surface area contributed by atoms with Crippen molar-refractivity contribution in [3.63, 3.8) is 0 Å². The fourth-order valence-corrected chi connectivity index (χ4v) is 2.66. The minimum Gasteiger partial charge on any atom is -0.394 e. The Morgan fingerprint density at radius 2 is 2.43 bits per heavy atom. The summed E-state index contributed by atoms with van der Waals surface area (Å²) in [4.78, 5) is 22.6. The molecule has 0 saturated carbocycles. The molecule has 21 heavy (non-hydrogen) atoms. The lowest BCUT2D eigenvalue weighted by Gasteiger charge is -2.14. The minimum absolute atomic E-state index is 0.0982. The van der Waals surface area contributed by atoms with Gasteiger partial charge in [0.1, 0.15) is 13.7 Å².